The predicted molar refractivity (Wildman–Crippen MR) is 130 cm³/mol. The second-order valence-corrected chi connectivity index (χ2v) is 8.97. The Morgan fingerprint density at radius 2 is 1.81 bits per heavy atom. The number of rotatable bonds is 7. The molecule has 7 heteroatoms. The molecule has 32 heavy (non-hydrogen) atoms. The summed E-state index contributed by atoms with van der Waals surface area (Å²) in [5, 5.41) is 10.3. The van der Waals surface area contributed by atoms with Crippen molar-refractivity contribution in [1.29, 1.82) is 0 Å². The van der Waals surface area contributed by atoms with Crippen molar-refractivity contribution >= 4 is 22.7 Å². The van der Waals surface area contributed by atoms with E-state index in [0.29, 0.717) is 12.4 Å². The monoisotopic (exact) mass is 448 g/mol. The molecule has 0 fully saturated rings. The normalized spacial score (nSPS) is 11.3. The van der Waals surface area contributed by atoms with E-state index in [9.17, 15) is 4.79 Å². The fraction of sp³-hybridized carbons (Fsp3) is 0.320. The van der Waals surface area contributed by atoms with Gasteiger partial charge in [-0.15, -0.1) is 10.2 Å². The Balaban J connectivity index is 1.52. The van der Waals surface area contributed by atoms with Gasteiger partial charge in [-0.25, -0.2) is 0 Å². The molecule has 166 valence electrons. The molecule has 6 nitrogen and oxygen atoms in total. The summed E-state index contributed by atoms with van der Waals surface area (Å²) in [7, 11) is 0. The number of aromatic amines is 1. The smallest absolute Gasteiger partial charge is 0.191 e. The summed E-state index contributed by atoms with van der Waals surface area (Å²) in [6.07, 6.45) is 0. The van der Waals surface area contributed by atoms with Gasteiger partial charge in [0, 0.05) is 29.4 Å². The summed E-state index contributed by atoms with van der Waals surface area (Å²) in [6, 6.07) is 11.8. The van der Waals surface area contributed by atoms with Gasteiger partial charge in [0.05, 0.1) is 5.52 Å². The number of aryl methyl sites for hydroxylation is 3. The maximum Gasteiger partial charge on any atom is 0.191 e. The van der Waals surface area contributed by atoms with E-state index in [2.05, 4.69) is 46.6 Å². The fourth-order valence-corrected chi connectivity index (χ4v) is 4.74. The molecule has 2 heterocycles. The Bertz CT molecular complexity index is 1340. The van der Waals surface area contributed by atoms with E-state index >= 15 is 0 Å². The van der Waals surface area contributed by atoms with Crippen molar-refractivity contribution in [3.63, 3.8) is 0 Å². The number of benzene rings is 2. The molecular formula is C25H28N4O2S. The highest BCUT2D eigenvalue weighted by Crippen LogP contribution is 2.25. The van der Waals surface area contributed by atoms with Gasteiger partial charge in [-0.1, -0.05) is 36.0 Å². The van der Waals surface area contributed by atoms with Crippen LogP contribution < -0.4 is 10.2 Å². The highest BCUT2D eigenvalue weighted by Gasteiger charge is 2.14. The van der Waals surface area contributed by atoms with Gasteiger partial charge in [-0.05, 0) is 62.9 Å². The van der Waals surface area contributed by atoms with Gasteiger partial charge in [0.2, 0.25) is 0 Å². The van der Waals surface area contributed by atoms with Crippen LogP contribution in [0.25, 0.3) is 10.9 Å². The van der Waals surface area contributed by atoms with Gasteiger partial charge < -0.3 is 14.3 Å². The highest BCUT2D eigenvalue weighted by molar-refractivity contribution is 7.98. The molecule has 0 aliphatic rings. The van der Waals surface area contributed by atoms with Gasteiger partial charge in [-0.2, -0.15) is 0 Å². The first kappa shape index (κ1) is 22.1. The van der Waals surface area contributed by atoms with Gasteiger partial charge in [0.15, 0.2) is 16.4 Å². The van der Waals surface area contributed by atoms with E-state index in [1.165, 1.54) is 5.56 Å². The summed E-state index contributed by atoms with van der Waals surface area (Å²) in [5.74, 6) is 2.26. The van der Waals surface area contributed by atoms with Crippen molar-refractivity contribution in [2.45, 2.75) is 58.7 Å². The topological polar surface area (TPSA) is 72.8 Å². The Morgan fingerprint density at radius 1 is 1.03 bits per heavy atom. The van der Waals surface area contributed by atoms with Crippen LogP contribution in [0.5, 0.6) is 5.75 Å². The number of hydrogen-bond donors (Lipinski definition) is 1. The molecule has 0 atom stereocenters. The van der Waals surface area contributed by atoms with Crippen LogP contribution in [0, 0.1) is 27.7 Å². The highest BCUT2D eigenvalue weighted by atomic mass is 32.2. The van der Waals surface area contributed by atoms with Crippen molar-refractivity contribution < 1.29 is 4.74 Å². The minimum atomic E-state index is 0.0510. The zero-order chi connectivity index (χ0) is 22.8. The minimum Gasteiger partial charge on any atom is -0.485 e. The van der Waals surface area contributed by atoms with E-state index < -0.39 is 0 Å². The number of ether oxygens (including phenoxy) is 1. The van der Waals surface area contributed by atoms with Crippen molar-refractivity contribution in [3.05, 3.63) is 80.4 Å². The zero-order valence-electron chi connectivity index (χ0n) is 19.2. The summed E-state index contributed by atoms with van der Waals surface area (Å²) < 4.78 is 8.09. The van der Waals surface area contributed by atoms with Crippen molar-refractivity contribution in [2.75, 3.05) is 0 Å². The lowest BCUT2D eigenvalue weighted by atomic mass is 10.0. The molecule has 0 radical (unpaired) electrons. The third kappa shape index (κ3) is 4.30. The third-order valence-corrected chi connectivity index (χ3v) is 6.85. The number of nitrogens with one attached hydrogen (secondary N) is 1. The molecular weight excluding hydrogens is 420 g/mol. The number of H-pyrrole nitrogens is 1. The molecule has 0 unspecified atom stereocenters. The van der Waals surface area contributed by atoms with Crippen molar-refractivity contribution in [1.82, 2.24) is 19.7 Å². The lowest BCUT2D eigenvalue weighted by Gasteiger charge is -2.12. The largest absolute Gasteiger partial charge is 0.485 e. The standard InChI is InChI=1S/C25H28N4O2S/c1-6-29-22(13-31-21-9-7-8-15(2)18(21)5)27-28-25(29)32-14-19-12-20(30)23-16(3)10-11-17(4)24(23)26-19/h7-12H,6,13-14H2,1-5H3,(H,26,30). The van der Waals surface area contributed by atoms with Gasteiger partial charge in [0.1, 0.15) is 12.4 Å². The summed E-state index contributed by atoms with van der Waals surface area (Å²) in [4.78, 5) is 16.1. The van der Waals surface area contributed by atoms with Gasteiger partial charge in [0.25, 0.3) is 0 Å². The van der Waals surface area contributed by atoms with Crippen LogP contribution in [-0.4, -0.2) is 19.7 Å². The van der Waals surface area contributed by atoms with Crippen molar-refractivity contribution in [3.8, 4) is 5.75 Å². The number of thioether (sulfide) groups is 1. The molecule has 4 aromatic rings. The zero-order valence-corrected chi connectivity index (χ0v) is 20.0. The Labute approximate surface area is 192 Å². The SMILES string of the molecule is CCn1c(COc2cccc(C)c2C)nnc1SCc1cc(=O)c2c(C)ccc(C)c2[nH]1. The van der Waals surface area contributed by atoms with Crippen LogP contribution in [-0.2, 0) is 18.9 Å². The molecule has 2 aromatic heterocycles. The lowest BCUT2D eigenvalue weighted by molar-refractivity contribution is 0.286. The third-order valence-electron chi connectivity index (χ3n) is 5.84. The summed E-state index contributed by atoms with van der Waals surface area (Å²) in [5.41, 5.74) is 6.23. The molecule has 0 amide bonds. The lowest BCUT2D eigenvalue weighted by Crippen LogP contribution is -2.09. The molecule has 0 aliphatic carbocycles. The first-order valence-corrected chi connectivity index (χ1v) is 11.7. The first-order chi connectivity index (χ1) is 15.4. The molecule has 0 saturated heterocycles. The Kier molecular flexibility index (Phi) is 6.37. The van der Waals surface area contributed by atoms with E-state index in [0.717, 1.165) is 56.6 Å². The summed E-state index contributed by atoms with van der Waals surface area (Å²) in [6.45, 7) is 11.3. The van der Waals surface area contributed by atoms with Crippen LogP contribution in [0.2, 0.25) is 0 Å². The number of nitrogens with zero attached hydrogens (tertiary/aromatic N) is 3. The molecule has 0 saturated carbocycles. The summed E-state index contributed by atoms with van der Waals surface area (Å²) >= 11 is 1.56. The van der Waals surface area contributed by atoms with Gasteiger partial charge >= 0.3 is 0 Å². The molecule has 0 bridgehead atoms. The second-order valence-electron chi connectivity index (χ2n) is 8.03. The van der Waals surface area contributed by atoms with Crippen LogP contribution in [0.15, 0.2) is 46.3 Å². The molecule has 2 aromatic carbocycles. The molecule has 0 aliphatic heterocycles. The second kappa shape index (κ2) is 9.20. The van der Waals surface area contributed by atoms with Crippen LogP contribution in [0.4, 0.5) is 0 Å². The van der Waals surface area contributed by atoms with Crippen LogP contribution >= 0.6 is 11.8 Å². The van der Waals surface area contributed by atoms with Gasteiger partial charge in [-0.3, -0.25) is 4.79 Å². The minimum absolute atomic E-state index is 0.0510. The maximum atomic E-state index is 12.7. The maximum absolute atomic E-state index is 12.7. The predicted octanol–water partition coefficient (Wildman–Crippen LogP) is 5.24. The Hall–Kier alpha value is -3.06. The van der Waals surface area contributed by atoms with E-state index in [4.69, 9.17) is 4.74 Å². The molecule has 4 rings (SSSR count). The molecule has 1 N–H and O–H groups in total. The number of pyridine rings is 1. The number of hydrogen-bond acceptors (Lipinski definition) is 5. The quantitative estimate of drug-likeness (QED) is 0.391. The Morgan fingerprint density at radius 3 is 2.59 bits per heavy atom. The number of aromatic nitrogens is 4. The first-order valence-electron chi connectivity index (χ1n) is 10.7. The van der Waals surface area contributed by atoms with Crippen LogP contribution in [0.1, 0.15) is 40.7 Å². The van der Waals surface area contributed by atoms with Crippen LogP contribution in [0.3, 0.4) is 0 Å². The molecule has 0 spiro atoms. The van der Waals surface area contributed by atoms with E-state index in [1.807, 2.05) is 38.1 Å². The average molecular weight is 449 g/mol. The van der Waals surface area contributed by atoms with E-state index in [-0.39, 0.29) is 5.43 Å². The fourth-order valence-electron chi connectivity index (χ4n) is 3.81. The van der Waals surface area contributed by atoms with Crippen molar-refractivity contribution in [2.24, 2.45) is 0 Å². The number of fused-ring (bicyclic) bond motifs is 1. The van der Waals surface area contributed by atoms with E-state index in [1.54, 1.807) is 17.8 Å². The average Bonchev–Trinajstić information content (AvgIpc) is 3.17.